The number of aliphatic carboxylic acids is 1. The second-order valence-electron chi connectivity index (χ2n) is 8.49. The van der Waals surface area contributed by atoms with E-state index in [0.29, 0.717) is 24.0 Å². The van der Waals surface area contributed by atoms with E-state index >= 15 is 0 Å². The van der Waals surface area contributed by atoms with Gasteiger partial charge in [0.25, 0.3) is 0 Å². The summed E-state index contributed by atoms with van der Waals surface area (Å²) in [6, 6.07) is 16.0. The molecule has 2 aromatic carbocycles. The van der Waals surface area contributed by atoms with E-state index in [4.69, 9.17) is 5.73 Å². The molecule has 10 heteroatoms. The zero-order valence-corrected chi connectivity index (χ0v) is 20.6. The highest BCUT2D eigenvalue weighted by Gasteiger charge is 2.40. The van der Waals surface area contributed by atoms with Gasteiger partial charge >= 0.3 is 5.97 Å². The summed E-state index contributed by atoms with van der Waals surface area (Å²) in [7, 11) is -8.10. The maximum absolute atomic E-state index is 13.3. The topological polar surface area (TPSA) is 147 Å². The maximum Gasteiger partial charge on any atom is 0.311 e. The highest BCUT2D eigenvalue weighted by atomic mass is 32.2. The zero-order valence-electron chi connectivity index (χ0n) is 18.9. The lowest BCUT2D eigenvalue weighted by Crippen LogP contribution is -2.41. The number of hydrogen-bond donors (Lipinski definition) is 4. The van der Waals surface area contributed by atoms with Crippen LogP contribution in [0.1, 0.15) is 42.9 Å². The Labute approximate surface area is 195 Å². The first kappa shape index (κ1) is 27.2. The normalized spacial score (nSPS) is 15.7. The molecule has 0 heterocycles. The first-order chi connectivity index (χ1) is 15.4. The lowest BCUT2D eigenvalue weighted by Gasteiger charge is -2.29. The van der Waals surface area contributed by atoms with E-state index < -0.39 is 47.1 Å². The molecule has 0 aliphatic heterocycles. The summed E-state index contributed by atoms with van der Waals surface area (Å²) in [5.74, 6) is -4.54. The summed E-state index contributed by atoms with van der Waals surface area (Å²) in [6.45, 7) is 3.46. The minimum Gasteiger partial charge on any atom is -0.481 e. The fraction of sp³-hybridized carbons (Fsp3) is 0.435. The SMILES string of the molecule is CC(C)[C@@H](NS(=O)(=O)CCCc1ccccc1)P(=O)(O)C[C@@H](C(=O)O)c1cccc(CN)c1. The molecule has 0 aliphatic rings. The van der Waals surface area contributed by atoms with Crippen LogP contribution in [0, 0.1) is 5.92 Å². The number of hydrogen-bond acceptors (Lipinski definition) is 5. The van der Waals surface area contributed by atoms with Crippen molar-refractivity contribution in [2.75, 3.05) is 11.9 Å². The fourth-order valence-electron chi connectivity index (χ4n) is 3.68. The van der Waals surface area contributed by atoms with Gasteiger partial charge in [0.15, 0.2) is 0 Å². The number of rotatable bonds is 13. The van der Waals surface area contributed by atoms with Gasteiger partial charge in [-0.3, -0.25) is 9.36 Å². The third-order valence-electron chi connectivity index (χ3n) is 5.42. The molecule has 182 valence electrons. The Kier molecular flexibility index (Phi) is 9.82. The summed E-state index contributed by atoms with van der Waals surface area (Å²) in [5, 5.41) is 9.73. The number of nitrogens with one attached hydrogen (secondary N) is 1. The van der Waals surface area contributed by atoms with Crippen molar-refractivity contribution in [2.24, 2.45) is 11.7 Å². The Balaban J connectivity index is 2.15. The van der Waals surface area contributed by atoms with Crippen molar-refractivity contribution in [3.05, 3.63) is 71.3 Å². The molecule has 0 bridgehead atoms. The van der Waals surface area contributed by atoms with Crippen LogP contribution in [0.4, 0.5) is 0 Å². The van der Waals surface area contributed by atoms with Crippen LogP contribution in [-0.2, 0) is 32.3 Å². The number of carbonyl (C=O) groups is 1. The van der Waals surface area contributed by atoms with Gasteiger partial charge in [-0.1, -0.05) is 68.4 Å². The Morgan fingerprint density at radius 1 is 1.09 bits per heavy atom. The molecule has 0 spiro atoms. The second-order valence-corrected chi connectivity index (χ2v) is 12.8. The molecular formula is C23H33N2O6PS. The Hall–Kier alpha value is -2.03. The van der Waals surface area contributed by atoms with Gasteiger partial charge in [0.1, 0.15) is 5.78 Å². The smallest absolute Gasteiger partial charge is 0.311 e. The van der Waals surface area contributed by atoms with E-state index in [9.17, 15) is 27.8 Å². The van der Waals surface area contributed by atoms with Crippen molar-refractivity contribution in [1.82, 2.24) is 4.72 Å². The van der Waals surface area contributed by atoms with Crippen molar-refractivity contribution in [3.8, 4) is 0 Å². The van der Waals surface area contributed by atoms with E-state index in [0.717, 1.165) is 5.56 Å². The molecule has 0 saturated heterocycles. The molecule has 0 amide bonds. The van der Waals surface area contributed by atoms with Gasteiger partial charge in [-0.15, -0.1) is 0 Å². The van der Waals surface area contributed by atoms with Crippen LogP contribution in [0.15, 0.2) is 54.6 Å². The number of sulfonamides is 1. The Bertz CT molecular complexity index is 1080. The predicted molar refractivity (Wildman–Crippen MR) is 130 cm³/mol. The first-order valence-electron chi connectivity index (χ1n) is 10.8. The minimum absolute atomic E-state index is 0.202. The van der Waals surface area contributed by atoms with Gasteiger partial charge in [0, 0.05) is 12.7 Å². The molecule has 5 N–H and O–H groups in total. The molecular weight excluding hydrogens is 463 g/mol. The van der Waals surface area contributed by atoms with Crippen LogP contribution in [-0.4, -0.2) is 42.1 Å². The van der Waals surface area contributed by atoms with Crippen molar-refractivity contribution < 1.29 is 27.8 Å². The standard InChI is InChI=1S/C23H33N2O6PS/c1-17(2)22(25-33(30,31)13-7-11-18-8-4-3-5-9-18)32(28,29)16-21(23(26)27)20-12-6-10-19(14-20)15-24/h3-6,8-10,12,14,17,21-22,25H,7,11,13,15-16,24H2,1-2H3,(H,26,27)(H,28,29)/t21-,22+/m1/s1. The third-order valence-corrected chi connectivity index (χ3v) is 9.52. The molecule has 0 saturated carbocycles. The van der Waals surface area contributed by atoms with E-state index in [1.807, 2.05) is 30.3 Å². The molecule has 8 nitrogen and oxygen atoms in total. The Morgan fingerprint density at radius 3 is 2.30 bits per heavy atom. The molecule has 0 aliphatic carbocycles. The maximum atomic E-state index is 13.3. The molecule has 0 radical (unpaired) electrons. The van der Waals surface area contributed by atoms with Crippen LogP contribution < -0.4 is 10.5 Å². The van der Waals surface area contributed by atoms with Crippen molar-refractivity contribution >= 4 is 23.4 Å². The van der Waals surface area contributed by atoms with Crippen LogP contribution in [0.5, 0.6) is 0 Å². The summed E-state index contributed by atoms with van der Waals surface area (Å²) in [5.41, 5.74) is 7.69. The van der Waals surface area contributed by atoms with Gasteiger partial charge in [0.05, 0.1) is 11.7 Å². The highest BCUT2D eigenvalue weighted by molar-refractivity contribution is 7.89. The summed E-state index contributed by atoms with van der Waals surface area (Å²) < 4.78 is 41.1. The van der Waals surface area contributed by atoms with E-state index in [2.05, 4.69) is 4.72 Å². The molecule has 2 aromatic rings. The van der Waals surface area contributed by atoms with E-state index in [-0.39, 0.29) is 12.3 Å². The minimum atomic E-state index is -4.25. The van der Waals surface area contributed by atoms with E-state index in [1.54, 1.807) is 38.1 Å². The molecule has 0 aromatic heterocycles. The summed E-state index contributed by atoms with van der Waals surface area (Å²) in [4.78, 5) is 22.8. The lowest BCUT2D eigenvalue weighted by atomic mass is 9.99. The first-order valence-corrected chi connectivity index (χ1v) is 14.4. The average molecular weight is 497 g/mol. The average Bonchev–Trinajstić information content (AvgIpc) is 2.76. The lowest BCUT2D eigenvalue weighted by molar-refractivity contribution is -0.138. The van der Waals surface area contributed by atoms with E-state index in [1.165, 1.54) is 0 Å². The Morgan fingerprint density at radius 2 is 1.73 bits per heavy atom. The molecule has 2 rings (SSSR count). The van der Waals surface area contributed by atoms with Crippen molar-refractivity contribution in [2.45, 2.75) is 44.9 Å². The summed E-state index contributed by atoms with van der Waals surface area (Å²) >= 11 is 0. The van der Waals surface area contributed by atoms with Gasteiger partial charge in [-0.25, -0.2) is 13.1 Å². The molecule has 3 atom stereocenters. The van der Waals surface area contributed by atoms with Crippen molar-refractivity contribution in [3.63, 3.8) is 0 Å². The third kappa shape index (κ3) is 8.36. The second kappa shape index (κ2) is 11.9. The van der Waals surface area contributed by atoms with Gasteiger partial charge < -0.3 is 15.7 Å². The number of aryl methyl sites for hydroxylation is 1. The van der Waals surface area contributed by atoms with Crippen LogP contribution in [0.2, 0.25) is 0 Å². The predicted octanol–water partition coefficient (Wildman–Crippen LogP) is 3.12. The number of benzene rings is 2. The van der Waals surface area contributed by atoms with Gasteiger partial charge in [-0.2, -0.15) is 0 Å². The zero-order chi connectivity index (χ0) is 24.6. The van der Waals surface area contributed by atoms with Gasteiger partial charge in [0.2, 0.25) is 17.4 Å². The highest BCUT2D eigenvalue weighted by Crippen LogP contribution is 2.51. The van der Waals surface area contributed by atoms with Crippen LogP contribution >= 0.6 is 7.37 Å². The molecule has 0 fully saturated rings. The van der Waals surface area contributed by atoms with Crippen LogP contribution in [0.3, 0.4) is 0 Å². The largest absolute Gasteiger partial charge is 0.481 e. The van der Waals surface area contributed by atoms with Gasteiger partial charge in [-0.05, 0) is 35.4 Å². The monoisotopic (exact) mass is 496 g/mol. The number of carboxylic acid groups (broad SMARTS) is 1. The fourth-order valence-corrected chi connectivity index (χ4v) is 8.15. The van der Waals surface area contributed by atoms with Crippen molar-refractivity contribution in [1.29, 1.82) is 0 Å². The summed E-state index contributed by atoms with van der Waals surface area (Å²) in [6.07, 6.45) is 0.318. The number of nitrogens with two attached hydrogens (primary N) is 1. The quantitative estimate of drug-likeness (QED) is 0.312. The van der Waals surface area contributed by atoms with Crippen LogP contribution in [0.25, 0.3) is 0 Å². The number of carboxylic acids is 1. The molecule has 1 unspecified atom stereocenters. The molecule has 33 heavy (non-hydrogen) atoms.